The Hall–Kier alpha value is -1.48. The summed E-state index contributed by atoms with van der Waals surface area (Å²) in [6, 6.07) is 12.6. The van der Waals surface area contributed by atoms with Crippen LogP contribution in [0.3, 0.4) is 0 Å². The summed E-state index contributed by atoms with van der Waals surface area (Å²) in [4.78, 5) is 12.2. The second-order valence-corrected chi connectivity index (χ2v) is 5.79. The summed E-state index contributed by atoms with van der Waals surface area (Å²) in [6.45, 7) is 0. The van der Waals surface area contributed by atoms with Crippen LogP contribution in [0.1, 0.15) is 22.6 Å². The number of Topliss-reactive ketones (excluding diaryl/α,β-unsaturated/α-hetero) is 1. The molecule has 3 rings (SSSR count). The van der Waals surface area contributed by atoms with Gasteiger partial charge < -0.3 is 0 Å². The smallest absolute Gasteiger partial charge is 0.145 e. The monoisotopic (exact) mass is 318 g/mol. The molecule has 0 amide bonds. The third-order valence-electron chi connectivity index (χ3n) is 3.54. The van der Waals surface area contributed by atoms with Crippen molar-refractivity contribution in [2.45, 2.75) is 18.8 Å². The molecule has 0 N–H and O–H groups in total. The van der Waals surface area contributed by atoms with E-state index in [0.717, 1.165) is 17.5 Å². The van der Waals surface area contributed by atoms with Crippen LogP contribution in [0, 0.1) is 5.82 Å². The fourth-order valence-corrected chi connectivity index (χ4v) is 3.10. The molecule has 2 aromatic carbocycles. The van der Waals surface area contributed by atoms with Gasteiger partial charge in [0.2, 0.25) is 0 Å². The van der Waals surface area contributed by atoms with Gasteiger partial charge in [0.1, 0.15) is 11.6 Å². The molecule has 0 aromatic heterocycles. The molecule has 2 aromatic rings. The average Bonchev–Trinajstić information content (AvgIpc) is 2.29. The Morgan fingerprint density at radius 1 is 1.26 bits per heavy atom. The predicted octanol–water partition coefficient (Wildman–Crippen LogP) is 4.04. The molecule has 0 bridgehead atoms. The zero-order valence-electron chi connectivity index (χ0n) is 10.2. The minimum Gasteiger partial charge on any atom is -0.299 e. The van der Waals surface area contributed by atoms with Crippen LogP contribution in [0.2, 0.25) is 0 Å². The van der Waals surface area contributed by atoms with Crippen LogP contribution in [-0.2, 0) is 17.6 Å². The molecule has 0 heterocycles. The van der Waals surface area contributed by atoms with Gasteiger partial charge in [-0.3, -0.25) is 4.79 Å². The highest BCUT2D eigenvalue weighted by Crippen LogP contribution is 2.36. The molecule has 0 spiro atoms. The standard InChI is InChI=1S/C16H12BrFO/c17-12-5-10(6-13(18)9-12)7-16(19)15-8-11-3-1-2-4-14(11)15/h1-6,9,15H,7-8H2. The molecule has 1 aliphatic carbocycles. The lowest BCUT2D eigenvalue weighted by atomic mass is 9.74. The molecule has 1 atom stereocenters. The van der Waals surface area contributed by atoms with Crippen molar-refractivity contribution in [3.8, 4) is 0 Å². The molecule has 96 valence electrons. The summed E-state index contributed by atoms with van der Waals surface area (Å²) in [5, 5.41) is 0. The van der Waals surface area contributed by atoms with Crippen LogP contribution >= 0.6 is 15.9 Å². The summed E-state index contributed by atoms with van der Waals surface area (Å²) in [5.74, 6) is -0.166. The van der Waals surface area contributed by atoms with Crippen molar-refractivity contribution in [3.63, 3.8) is 0 Å². The van der Waals surface area contributed by atoms with E-state index in [1.807, 2.05) is 18.2 Å². The van der Waals surface area contributed by atoms with Crippen LogP contribution < -0.4 is 0 Å². The van der Waals surface area contributed by atoms with Crippen molar-refractivity contribution in [1.82, 2.24) is 0 Å². The molecule has 1 nitrogen and oxygen atoms in total. The van der Waals surface area contributed by atoms with E-state index in [9.17, 15) is 9.18 Å². The van der Waals surface area contributed by atoms with Gasteiger partial charge in [-0.1, -0.05) is 40.2 Å². The summed E-state index contributed by atoms with van der Waals surface area (Å²) >= 11 is 3.25. The van der Waals surface area contributed by atoms with Gasteiger partial charge in [0.25, 0.3) is 0 Å². The first kappa shape index (κ1) is 12.5. The number of hydrogen-bond acceptors (Lipinski definition) is 1. The Labute approximate surface area is 119 Å². The van der Waals surface area contributed by atoms with E-state index >= 15 is 0 Å². The molecule has 0 saturated carbocycles. The predicted molar refractivity (Wildman–Crippen MR) is 75.7 cm³/mol. The topological polar surface area (TPSA) is 17.1 Å². The van der Waals surface area contributed by atoms with Crippen molar-refractivity contribution < 1.29 is 9.18 Å². The molecule has 0 aliphatic heterocycles. The molecular weight excluding hydrogens is 307 g/mol. The van der Waals surface area contributed by atoms with Gasteiger partial charge >= 0.3 is 0 Å². The van der Waals surface area contributed by atoms with Crippen LogP contribution in [0.25, 0.3) is 0 Å². The van der Waals surface area contributed by atoms with Crippen LogP contribution in [0.4, 0.5) is 4.39 Å². The minimum atomic E-state index is -0.314. The fourth-order valence-electron chi connectivity index (χ4n) is 2.58. The largest absolute Gasteiger partial charge is 0.299 e. The number of benzene rings is 2. The molecule has 0 saturated heterocycles. The molecular formula is C16H12BrFO. The maximum atomic E-state index is 13.3. The SMILES string of the molecule is O=C(Cc1cc(F)cc(Br)c1)C1Cc2ccccc21. The first-order valence-corrected chi connectivity index (χ1v) is 6.98. The summed E-state index contributed by atoms with van der Waals surface area (Å²) in [5.41, 5.74) is 3.10. The lowest BCUT2D eigenvalue weighted by Crippen LogP contribution is -2.26. The second kappa shape index (κ2) is 4.89. The second-order valence-electron chi connectivity index (χ2n) is 4.88. The first-order valence-electron chi connectivity index (χ1n) is 6.19. The van der Waals surface area contributed by atoms with Gasteiger partial charge in [-0.15, -0.1) is 0 Å². The summed E-state index contributed by atoms with van der Waals surface area (Å²) < 4.78 is 13.9. The van der Waals surface area contributed by atoms with Gasteiger partial charge in [-0.25, -0.2) is 4.39 Å². The third kappa shape index (κ3) is 2.47. The van der Waals surface area contributed by atoms with Crippen LogP contribution in [0.5, 0.6) is 0 Å². The minimum absolute atomic E-state index is 0.0155. The van der Waals surface area contributed by atoms with E-state index in [0.29, 0.717) is 4.47 Å². The summed E-state index contributed by atoms with van der Waals surface area (Å²) in [6.07, 6.45) is 1.10. The highest BCUT2D eigenvalue weighted by atomic mass is 79.9. The van der Waals surface area contributed by atoms with Crippen molar-refractivity contribution >= 4 is 21.7 Å². The summed E-state index contributed by atoms with van der Waals surface area (Å²) in [7, 11) is 0. The number of rotatable bonds is 3. The van der Waals surface area contributed by atoms with E-state index in [4.69, 9.17) is 0 Å². The molecule has 19 heavy (non-hydrogen) atoms. The molecule has 0 radical (unpaired) electrons. The van der Waals surface area contributed by atoms with Gasteiger partial charge in [0.05, 0.1) is 0 Å². The Kier molecular flexibility index (Phi) is 3.23. The molecule has 1 unspecified atom stereocenters. The van der Waals surface area contributed by atoms with Crippen molar-refractivity contribution in [3.05, 3.63) is 69.4 Å². The zero-order chi connectivity index (χ0) is 13.4. The lowest BCUT2D eigenvalue weighted by Gasteiger charge is -2.28. The van der Waals surface area contributed by atoms with Gasteiger partial charge in [-0.2, -0.15) is 0 Å². The van der Waals surface area contributed by atoms with Crippen molar-refractivity contribution in [1.29, 1.82) is 0 Å². The molecule has 1 aliphatic rings. The van der Waals surface area contributed by atoms with Crippen molar-refractivity contribution in [2.75, 3.05) is 0 Å². The number of fused-ring (bicyclic) bond motifs is 1. The number of carbonyl (C=O) groups is 1. The number of ketones is 1. The van der Waals surface area contributed by atoms with Gasteiger partial charge in [0.15, 0.2) is 0 Å². The Bertz CT molecular complexity index is 631. The first-order chi connectivity index (χ1) is 9.13. The van der Waals surface area contributed by atoms with Crippen molar-refractivity contribution in [2.24, 2.45) is 0 Å². The van der Waals surface area contributed by atoms with Gasteiger partial charge in [-0.05, 0) is 41.3 Å². The number of carbonyl (C=O) groups excluding carboxylic acids is 1. The molecule has 3 heteroatoms. The average molecular weight is 319 g/mol. The van der Waals surface area contributed by atoms with E-state index in [-0.39, 0.29) is 23.9 Å². The van der Waals surface area contributed by atoms with Crippen LogP contribution in [-0.4, -0.2) is 5.78 Å². The van der Waals surface area contributed by atoms with E-state index < -0.39 is 0 Å². The molecule has 0 fully saturated rings. The van der Waals surface area contributed by atoms with E-state index in [1.54, 1.807) is 6.07 Å². The number of halogens is 2. The Morgan fingerprint density at radius 2 is 2.05 bits per heavy atom. The fraction of sp³-hybridized carbons (Fsp3) is 0.188. The van der Waals surface area contributed by atoms with Crippen LogP contribution in [0.15, 0.2) is 46.9 Å². The highest BCUT2D eigenvalue weighted by molar-refractivity contribution is 9.10. The maximum absolute atomic E-state index is 13.3. The van der Waals surface area contributed by atoms with E-state index in [2.05, 4.69) is 22.0 Å². The highest BCUT2D eigenvalue weighted by Gasteiger charge is 2.31. The number of hydrogen-bond donors (Lipinski definition) is 0. The zero-order valence-corrected chi connectivity index (χ0v) is 11.8. The Morgan fingerprint density at radius 3 is 2.79 bits per heavy atom. The lowest BCUT2D eigenvalue weighted by molar-refractivity contribution is -0.120. The normalized spacial score (nSPS) is 16.6. The quantitative estimate of drug-likeness (QED) is 0.834. The third-order valence-corrected chi connectivity index (χ3v) is 4.00. The maximum Gasteiger partial charge on any atom is 0.145 e. The van der Waals surface area contributed by atoms with Gasteiger partial charge in [0, 0.05) is 16.8 Å². The Balaban J connectivity index is 1.77. The van der Waals surface area contributed by atoms with E-state index in [1.165, 1.54) is 17.7 Å².